The lowest BCUT2D eigenvalue weighted by Crippen LogP contribution is -2.10. The number of methoxy groups -OCH3 is 1. The highest BCUT2D eigenvalue weighted by molar-refractivity contribution is 5.90. The van der Waals surface area contributed by atoms with Crippen LogP contribution in [0.4, 0.5) is 0 Å². The fourth-order valence-corrected chi connectivity index (χ4v) is 3.10. The Hall–Kier alpha value is -4.65. The van der Waals surface area contributed by atoms with Crippen molar-refractivity contribution in [1.29, 1.82) is 0 Å². The molecule has 7 nitrogen and oxygen atoms in total. The van der Waals surface area contributed by atoms with Gasteiger partial charge in [0.15, 0.2) is 11.5 Å². The fourth-order valence-electron chi connectivity index (χ4n) is 3.10. The topological polar surface area (TPSA) is 88.1 Å². The van der Waals surface area contributed by atoms with Gasteiger partial charge in [-0.15, -0.1) is 0 Å². The van der Waals surface area contributed by atoms with Gasteiger partial charge in [-0.2, -0.15) is 0 Å². The zero-order chi connectivity index (χ0) is 25.2. The lowest BCUT2D eigenvalue weighted by molar-refractivity contribution is -0.131. The van der Waals surface area contributed by atoms with Gasteiger partial charge in [0.1, 0.15) is 5.75 Å². The van der Waals surface area contributed by atoms with Crippen LogP contribution >= 0.6 is 0 Å². The van der Waals surface area contributed by atoms with Crippen molar-refractivity contribution in [3.05, 3.63) is 103 Å². The Bertz CT molecular complexity index is 1230. The van der Waals surface area contributed by atoms with Crippen molar-refractivity contribution in [2.45, 2.75) is 6.42 Å². The normalized spacial score (nSPS) is 10.1. The molecule has 0 atom stereocenters. The van der Waals surface area contributed by atoms with Gasteiger partial charge in [-0.1, -0.05) is 43.5 Å². The Kier molecular flexibility index (Phi) is 8.56. The van der Waals surface area contributed by atoms with Gasteiger partial charge in [0.2, 0.25) is 0 Å². The summed E-state index contributed by atoms with van der Waals surface area (Å²) >= 11 is 0. The molecule has 178 valence electrons. The van der Waals surface area contributed by atoms with Gasteiger partial charge >= 0.3 is 17.9 Å². The summed E-state index contributed by atoms with van der Waals surface area (Å²) in [6.45, 7) is 6.79. The van der Waals surface area contributed by atoms with Gasteiger partial charge < -0.3 is 18.9 Å². The van der Waals surface area contributed by atoms with E-state index in [0.29, 0.717) is 17.5 Å². The number of ether oxygens (including phenoxy) is 4. The molecule has 0 aromatic heterocycles. The van der Waals surface area contributed by atoms with Gasteiger partial charge in [0.05, 0.1) is 19.3 Å². The molecule has 7 heteroatoms. The molecular formula is C28H24O7. The Morgan fingerprint density at radius 3 is 1.91 bits per heavy atom. The third kappa shape index (κ3) is 6.91. The molecule has 0 radical (unpaired) electrons. The molecule has 0 aliphatic carbocycles. The van der Waals surface area contributed by atoms with Crippen LogP contribution in [0, 0.1) is 0 Å². The Morgan fingerprint density at radius 2 is 1.34 bits per heavy atom. The standard InChI is InChI=1S/C28H24O7/c1-4-26(29)34-24-15-6-19(18-25(24)35-27(30)5-2)16-17-33-28(31)22-9-7-20(8-10-22)21-11-13-23(32-3)14-12-21/h4-15,18H,1-2,16-17H2,3H3. The first kappa shape index (κ1) is 25.0. The number of hydrogen-bond donors (Lipinski definition) is 0. The number of carbonyl (C=O) groups is 3. The molecule has 0 saturated heterocycles. The highest BCUT2D eigenvalue weighted by atomic mass is 16.6. The van der Waals surface area contributed by atoms with Crippen LogP contribution in [0.25, 0.3) is 11.1 Å². The predicted octanol–water partition coefficient (Wildman–Crippen LogP) is 4.94. The van der Waals surface area contributed by atoms with E-state index < -0.39 is 17.9 Å². The summed E-state index contributed by atoms with van der Waals surface area (Å²) in [6, 6.07) is 19.4. The smallest absolute Gasteiger partial charge is 0.338 e. The van der Waals surface area contributed by atoms with Crippen LogP contribution in [-0.4, -0.2) is 31.6 Å². The molecule has 0 unspecified atom stereocenters. The van der Waals surface area contributed by atoms with Crippen molar-refractivity contribution in [3.63, 3.8) is 0 Å². The minimum atomic E-state index is -0.706. The molecule has 0 amide bonds. The molecule has 0 aliphatic rings. The molecule has 35 heavy (non-hydrogen) atoms. The Labute approximate surface area is 203 Å². The molecule has 0 heterocycles. The molecule has 0 N–H and O–H groups in total. The highest BCUT2D eigenvalue weighted by Gasteiger charge is 2.13. The zero-order valence-corrected chi connectivity index (χ0v) is 19.2. The van der Waals surface area contributed by atoms with Crippen molar-refractivity contribution < 1.29 is 33.3 Å². The Morgan fingerprint density at radius 1 is 0.771 bits per heavy atom. The Balaban J connectivity index is 1.61. The number of rotatable bonds is 10. The van der Waals surface area contributed by atoms with Crippen molar-refractivity contribution in [2.24, 2.45) is 0 Å². The van der Waals surface area contributed by atoms with E-state index >= 15 is 0 Å². The lowest BCUT2D eigenvalue weighted by Gasteiger charge is -2.11. The van der Waals surface area contributed by atoms with Crippen LogP contribution < -0.4 is 14.2 Å². The summed E-state index contributed by atoms with van der Waals surface area (Å²) < 4.78 is 20.8. The summed E-state index contributed by atoms with van der Waals surface area (Å²) in [6.07, 6.45) is 2.34. The van der Waals surface area contributed by atoms with Crippen LogP contribution in [0.1, 0.15) is 15.9 Å². The van der Waals surface area contributed by atoms with Crippen molar-refractivity contribution in [1.82, 2.24) is 0 Å². The number of carbonyl (C=O) groups excluding carboxylic acids is 3. The van der Waals surface area contributed by atoms with Crippen molar-refractivity contribution >= 4 is 17.9 Å². The van der Waals surface area contributed by atoms with E-state index in [4.69, 9.17) is 18.9 Å². The number of benzene rings is 3. The van der Waals surface area contributed by atoms with E-state index in [1.54, 1.807) is 25.3 Å². The summed E-state index contributed by atoms with van der Waals surface area (Å²) in [7, 11) is 1.61. The first-order chi connectivity index (χ1) is 16.9. The van der Waals surface area contributed by atoms with E-state index in [1.165, 1.54) is 12.1 Å². The third-order valence-electron chi connectivity index (χ3n) is 4.93. The van der Waals surface area contributed by atoms with Gasteiger partial charge in [0.25, 0.3) is 0 Å². The van der Waals surface area contributed by atoms with E-state index in [2.05, 4.69) is 13.2 Å². The number of esters is 3. The second kappa shape index (κ2) is 12.0. The van der Waals surface area contributed by atoms with Gasteiger partial charge in [-0.25, -0.2) is 14.4 Å². The quantitative estimate of drug-likeness (QED) is 0.234. The molecular weight excluding hydrogens is 448 g/mol. The van der Waals surface area contributed by atoms with Crippen molar-refractivity contribution in [2.75, 3.05) is 13.7 Å². The number of hydrogen-bond acceptors (Lipinski definition) is 7. The van der Waals surface area contributed by atoms with Crippen LogP contribution in [-0.2, 0) is 20.7 Å². The molecule has 0 saturated carbocycles. The van der Waals surface area contributed by atoms with Crippen LogP contribution in [0.2, 0.25) is 0 Å². The molecule has 0 fully saturated rings. The van der Waals surface area contributed by atoms with E-state index in [-0.39, 0.29) is 18.1 Å². The monoisotopic (exact) mass is 472 g/mol. The summed E-state index contributed by atoms with van der Waals surface area (Å²) in [5.74, 6) is -0.984. The molecule has 0 aliphatic heterocycles. The first-order valence-electron chi connectivity index (χ1n) is 10.7. The second-order valence-electron chi connectivity index (χ2n) is 7.22. The van der Waals surface area contributed by atoms with Crippen LogP contribution in [0.5, 0.6) is 17.2 Å². The summed E-state index contributed by atoms with van der Waals surface area (Å²) in [5.41, 5.74) is 3.09. The average Bonchev–Trinajstić information content (AvgIpc) is 2.89. The van der Waals surface area contributed by atoms with E-state index in [1.807, 2.05) is 36.4 Å². The predicted molar refractivity (Wildman–Crippen MR) is 131 cm³/mol. The minimum absolute atomic E-state index is 0.0445. The molecule has 0 bridgehead atoms. The minimum Gasteiger partial charge on any atom is -0.497 e. The molecule has 3 aromatic carbocycles. The summed E-state index contributed by atoms with van der Waals surface area (Å²) in [5, 5.41) is 0. The van der Waals surface area contributed by atoms with Gasteiger partial charge in [0, 0.05) is 18.6 Å². The maximum absolute atomic E-state index is 12.4. The van der Waals surface area contributed by atoms with Gasteiger partial charge in [-0.05, 0) is 53.1 Å². The SMILES string of the molecule is C=CC(=O)Oc1ccc(CCOC(=O)c2ccc(-c3ccc(OC)cc3)cc2)cc1OC(=O)C=C. The first-order valence-corrected chi connectivity index (χ1v) is 10.7. The maximum atomic E-state index is 12.4. The largest absolute Gasteiger partial charge is 0.497 e. The second-order valence-corrected chi connectivity index (χ2v) is 7.22. The van der Waals surface area contributed by atoms with Crippen LogP contribution in [0.15, 0.2) is 92.0 Å². The summed E-state index contributed by atoms with van der Waals surface area (Å²) in [4.78, 5) is 35.6. The maximum Gasteiger partial charge on any atom is 0.338 e. The lowest BCUT2D eigenvalue weighted by atomic mass is 10.0. The fraction of sp³-hybridized carbons (Fsp3) is 0.107. The molecule has 3 rings (SSSR count). The molecule has 0 spiro atoms. The van der Waals surface area contributed by atoms with Crippen LogP contribution in [0.3, 0.4) is 0 Å². The highest BCUT2D eigenvalue weighted by Crippen LogP contribution is 2.29. The van der Waals surface area contributed by atoms with E-state index in [0.717, 1.165) is 29.0 Å². The van der Waals surface area contributed by atoms with E-state index in [9.17, 15) is 14.4 Å². The third-order valence-corrected chi connectivity index (χ3v) is 4.93. The van der Waals surface area contributed by atoms with Gasteiger partial charge in [-0.3, -0.25) is 0 Å². The average molecular weight is 472 g/mol. The molecule has 3 aromatic rings. The zero-order valence-electron chi connectivity index (χ0n) is 19.2. The van der Waals surface area contributed by atoms with Crippen molar-refractivity contribution in [3.8, 4) is 28.4 Å².